The van der Waals surface area contributed by atoms with E-state index in [1.54, 1.807) is 0 Å². The molecule has 0 saturated carbocycles. The monoisotopic (exact) mass is 167 g/mol. The molecule has 0 unspecified atom stereocenters. The van der Waals surface area contributed by atoms with Gasteiger partial charge in [-0.25, -0.2) is 8.42 Å². The Kier molecular flexibility index (Phi) is 13.4. The van der Waals surface area contributed by atoms with Crippen molar-refractivity contribution in [3.05, 3.63) is 5.14 Å². The molecular weight excluding hydrogens is 160 g/mol. The molecule has 6 heteroatoms. The maximum atomic E-state index is 9.67. The van der Waals surface area contributed by atoms with Gasteiger partial charge in [-0.2, -0.15) is 0 Å². The van der Waals surface area contributed by atoms with Gasteiger partial charge in [0.05, 0.1) is 10.0 Å². The fraction of sp³-hybridized carbons (Fsp3) is 1.00. The van der Waals surface area contributed by atoms with Crippen LogP contribution < -0.4 is 51.4 Å². The maximum absolute atomic E-state index is 9.67. The fourth-order valence-electron chi connectivity index (χ4n) is 0. The minimum atomic E-state index is -3.41. The number of hydrogen-bond donors (Lipinski definition) is 0. The van der Waals surface area contributed by atoms with Crippen LogP contribution >= 0.6 is 0 Å². The molecule has 46 valence electrons. The molecule has 0 heterocycles. The van der Waals surface area contributed by atoms with E-state index in [2.05, 4.69) is 0 Å². The van der Waals surface area contributed by atoms with Crippen molar-refractivity contribution in [1.82, 2.24) is 0 Å². The second-order valence-electron chi connectivity index (χ2n) is 0.903. The summed E-state index contributed by atoms with van der Waals surface area (Å²) < 4.78 is 19.3. The molecule has 3 nitrogen and oxygen atoms in total. The van der Waals surface area contributed by atoms with Crippen molar-refractivity contribution in [2.24, 2.45) is 0 Å². The maximum Gasteiger partial charge on any atom is 1.00 e. The van der Waals surface area contributed by atoms with Crippen molar-refractivity contribution in [3.8, 4) is 0 Å². The first-order valence-corrected chi connectivity index (χ1v) is 3.19. The van der Waals surface area contributed by atoms with Crippen LogP contribution in [0.1, 0.15) is 6.92 Å². The van der Waals surface area contributed by atoms with Crippen LogP contribution in [0.2, 0.25) is 0 Å². The van der Waals surface area contributed by atoms with Gasteiger partial charge in [0.2, 0.25) is 0 Å². The summed E-state index contributed by atoms with van der Waals surface area (Å²) in [6.45, 7) is 1.43. The van der Waals surface area contributed by atoms with Gasteiger partial charge in [-0.3, -0.25) is 4.70 Å². The second-order valence-corrected chi connectivity index (χ2v) is 2.71. The normalized spacial score (nSPS) is 8.75. The third-order valence-electron chi connectivity index (χ3n) is 0.380. The van der Waals surface area contributed by atoms with Gasteiger partial charge in [0.15, 0.2) is 0 Å². The van der Waals surface area contributed by atoms with Crippen LogP contribution in [0, 0.1) is 0 Å². The molecule has 0 amide bonds. The Morgan fingerprint density at radius 2 is 1.62 bits per heavy atom. The summed E-state index contributed by atoms with van der Waals surface area (Å²) in [7, 11) is -3.41. The van der Waals surface area contributed by atoms with Crippen LogP contribution in [0.3, 0.4) is 0 Å². The zero-order valence-corrected chi connectivity index (χ0v) is 8.78. The molecule has 0 aliphatic carbocycles. The third kappa shape index (κ3) is 15.6. The van der Waals surface area contributed by atoms with Crippen LogP contribution in [0.25, 0.3) is 5.14 Å². The molecule has 0 fully saturated rings. The summed E-state index contributed by atoms with van der Waals surface area (Å²) >= 11 is 0. The van der Waals surface area contributed by atoms with E-state index >= 15 is 0 Å². The molecule has 1 N–H and O–H groups in total. The molecule has 0 bridgehead atoms. The number of rotatable bonds is 1. The molecule has 0 rings (SSSR count). The van der Waals surface area contributed by atoms with Gasteiger partial charge in [0, 0.05) is 5.75 Å². The molecule has 0 saturated heterocycles. The van der Waals surface area contributed by atoms with E-state index < -0.39 is 10.0 Å². The Bertz CT molecular complexity index is 122. The number of halogens is 1. The molecule has 0 radical (unpaired) electrons. The van der Waals surface area contributed by atoms with Crippen molar-refractivity contribution in [2.45, 2.75) is 6.92 Å². The van der Waals surface area contributed by atoms with Crippen LogP contribution in [0.15, 0.2) is 0 Å². The van der Waals surface area contributed by atoms with E-state index in [1.165, 1.54) is 6.92 Å². The van der Waals surface area contributed by atoms with Crippen LogP contribution in [0.5, 0.6) is 0 Å². The molecule has 0 atom stereocenters. The Labute approximate surface area is 90.9 Å². The van der Waals surface area contributed by atoms with Gasteiger partial charge in [-0.15, -0.1) is 0 Å². The first-order valence-electron chi connectivity index (χ1n) is 1.53. The van der Waals surface area contributed by atoms with Crippen molar-refractivity contribution < 1.29 is 64.5 Å². The molecule has 0 aromatic heterocycles. The van der Waals surface area contributed by atoms with E-state index in [0.29, 0.717) is 0 Å². The van der Waals surface area contributed by atoms with E-state index in [1.807, 2.05) is 0 Å². The Morgan fingerprint density at radius 3 is 1.62 bits per heavy atom. The summed E-state index contributed by atoms with van der Waals surface area (Å²) in [5.74, 6) is -0.0903. The first-order chi connectivity index (χ1) is 2.56. The molecule has 0 spiro atoms. The molecule has 0 aliphatic heterocycles. The smallest absolute Gasteiger partial charge is 0.564 e. The molecule has 8 heavy (non-hydrogen) atoms. The first kappa shape index (κ1) is 16.2. The predicted molar refractivity (Wildman–Crippen MR) is 26.3 cm³/mol. The van der Waals surface area contributed by atoms with E-state index in [9.17, 15) is 8.42 Å². The zero-order valence-electron chi connectivity index (χ0n) is 4.84. The van der Waals surface area contributed by atoms with E-state index in [4.69, 9.17) is 5.14 Å². The summed E-state index contributed by atoms with van der Waals surface area (Å²) in [5, 5.41) is 6.15. The quantitative estimate of drug-likeness (QED) is 0.407. The van der Waals surface area contributed by atoms with Crippen molar-refractivity contribution in [2.75, 3.05) is 5.75 Å². The molecule has 0 aliphatic rings. The zero-order chi connectivity index (χ0) is 5.21. The summed E-state index contributed by atoms with van der Waals surface area (Å²) in [4.78, 5) is 0. The number of nitrogens with one attached hydrogen (secondary N) is 1. The van der Waals surface area contributed by atoms with Gasteiger partial charge in [0.25, 0.3) is 0 Å². The molecule has 0 aromatic carbocycles. The topological polar surface area (TPSA) is 57.9 Å². The van der Waals surface area contributed by atoms with Crippen molar-refractivity contribution in [1.29, 1.82) is 0 Å². The van der Waals surface area contributed by atoms with Gasteiger partial charge in [0.1, 0.15) is 0 Å². The second kappa shape index (κ2) is 6.59. The Morgan fingerprint density at radius 1 is 1.50 bits per heavy atom. The van der Waals surface area contributed by atoms with Crippen LogP contribution in [-0.4, -0.2) is 14.2 Å². The van der Waals surface area contributed by atoms with E-state index in [-0.39, 0.29) is 61.8 Å². The average molecular weight is 167 g/mol. The molecular formula is C2H7FKNO2S. The Balaban J connectivity index is -0.000000125. The fourth-order valence-corrected chi connectivity index (χ4v) is 0. The minimum Gasteiger partial charge on any atom is -0.564 e. The average Bonchev–Trinajstić information content (AvgIpc) is 1.35. The van der Waals surface area contributed by atoms with Gasteiger partial charge < -0.3 is 5.14 Å². The largest absolute Gasteiger partial charge is 1.00 e. The van der Waals surface area contributed by atoms with Gasteiger partial charge in [-0.05, 0) is 0 Å². The summed E-state index contributed by atoms with van der Waals surface area (Å²) in [5.41, 5.74) is 0. The van der Waals surface area contributed by atoms with Crippen LogP contribution in [0.4, 0.5) is 4.70 Å². The van der Waals surface area contributed by atoms with Gasteiger partial charge in [-0.1, -0.05) is 6.92 Å². The summed E-state index contributed by atoms with van der Waals surface area (Å²) in [6, 6.07) is 0. The van der Waals surface area contributed by atoms with Crippen molar-refractivity contribution in [3.63, 3.8) is 0 Å². The number of sulfonamides is 1. The minimum absolute atomic E-state index is 0. The van der Waals surface area contributed by atoms with Gasteiger partial charge >= 0.3 is 51.4 Å². The molecule has 0 aromatic rings. The Hall–Kier alpha value is 1.48. The number of hydrogen-bond acceptors (Lipinski definition) is 2. The third-order valence-corrected chi connectivity index (χ3v) is 1.14. The summed E-state index contributed by atoms with van der Waals surface area (Å²) in [6.07, 6.45) is 0. The standard InChI is InChI=1S/C2H6NO2S.FH.K/c1-2-6(3,4)5;;/h2H2,1H3,(H-,3,4,5);1H;/q-1;;+1. The predicted octanol–water partition coefficient (Wildman–Crippen LogP) is -2.46. The SMILES string of the molecule is CCS([NH-])(=O)=O.F.[K+]. The van der Waals surface area contributed by atoms with Crippen molar-refractivity contribution >= 4 is 10.0 Å². The van der Waals surface area contributed by atoms with Crippen LogP contribution in [-0.2, 0) is 10.0 Å². The van der Waals surface area contributed by atoms with E-state index in [0.717, 1.165) is 0 Å².